The predicted molar refractivity (Wildman–Crippen MR) is 83.6 cm³/mol. The minimum atomic E-state index is 0.0418. The summed E-state index contributed by atoms with van der Waals surface area (Å²) >= 11 is 0. The van der Waals surface area contributed by atoms with Gasteiger partial charge in [0.15, 0.2) is 5.82 Å². The standard InChI is InChI=1S/C16H26N4O3/c1-3-14-13(5-4-10-22-14)16(21)20-8-6-19(7-9-20)11-15-17-12(2)23-18-15/h13-14H,3-11H2,1-2H3/t13-,14-/m0/s1. The zero-order valence-electron chi connectivity index (χ0n) is 14.0. The Bertz CT molecular complexity index is 525. The van der Waals surface area contributed by atoms with Crippen molar-refractivity contribution in [3.63, 3.8) is 0 Å². The lowest BCUT2D eigenvalue weighted by Crippen LogP contribution is -2.52. The highest BCUT2D eigenvalue weighted by Gasteiger charge is 2.34. The topological polar surface area (TPSA) is 71.7 Å². The number of aryl methyl sites for hydroxylation is 1. The molecule has 7 heteroatoms. The molecule has 1 amide bonds. The van der Waals surface area contributed by atoms with Gasteiger partial charge in [-0.25, -0.2) is 0 Å². The summed E-state index contributed by atoms with van der Waals surface area (Å²) in [5.41, 5.74) is 0. The molecule has 2 saturated heterocycles. The van der Waals surface area contributed by atoms with E-state index in [9.17, 15) is 4.79 Å². The molecule has 1 aromatic heterocycles. The summed E-state index contributed by atoms with van der Waals surface area (Å²) in [7, 11) is 0. The fourth-order valence-electron chi connectivity index (χ4n) is 3.49. The average Bonchev–Trinajstić information content (AvgIpc) is 3.00. The third-order valence-electron chi connectivity index (χ3n) is 4.78. The number of aromatic nitrogens is 2. The molecule has 0 aromatic carbocycles. The summed E-state index contributed by atoms with van der Waals surface area (Å²) in [6.45, 7) is 8.60. The van der Waals surface area contributed by atoms with E-state index in [-0.39, 0.29) is 17.9 Å². The Morgan fingerprint density at radius 1 is 1.30 bits per heavy atom. The van der Waals surface area contributed by atoms with Crippen LogP contribution >= 0.6 is 0 Å². The summed E-state index contributed by atoms with van der Waals surface area (Å²) in [5.74, 6) is 1.62. The first kappa shape index (κ1) is 16.4. The van der Waals surface area contributed by atoms with Gasteiger partial charge in [-0.2, -0.15) is 4.98 Å². The Hall–Kier alpha value is -1.47. The lowest BCUT2D eigenvalue weighted by atomic mass is 9.91. The van der Waals surface area contributed by atoms with Crippen LogP contribution in [0.1, 0.15) is 37.9 Å². The summed E-state index contributed by atoms with van der Waals surface area (Å²) in [6, 6.07) is 0. The molecule has 2 atom stereocenters. The average molecular weight is 322 g/mol. The molecule has 0 bridgehead atoms. The highest BCUT2D eigenvalue weighted by molar-refractivity contribution is 5.79. The van der Waals surface area contributed by atoms with Gasteiger partial charge in [-0.15, -0.1) is 0 Å². The largest absolute Gasteiger partial charge is 0.377 e. The first-order chi connectivity index (χ1) is 11.2. The molecule has 2 fully saturated rings. The Morgan fingerprint density at radius 2 is 2.09 bits per heavy atom. The van der Waals surface area contributed by atoms with Gasteiger partial charge in [0.2, 0.25) is 11.8 Å². The zero-order chi connectivity index (χ0) is 16.2. The van der Waals surface area contributed by atoms with Crippen molar-refractivity contribution >= 4 is 5.91 Å². The second kappa shape index (κ2) is 7.40. The molecule has 0 radical (unpaired) electrons. The van der Waals surface area contributed by atoms with Crippen LogP contribution in [0.4, 0.5) is 0 Å². The van der Waals surface area contributed by atoms with Crippen LogP contribution in [-0.2, 0) is 16.1 Å². The van der Waals surface area contributed by atoms with Crippen molar-refractivity contribution in [3.8, 4) is 0 Å². The fourth-order valence-corrected chi connectivity index (χ4v) is 3.49. The lowest BCUT2D eigenvalue weighted by Gasteiger charge is -2.38. The number of hydrogen-bond donors (Lipinski definition) is 0. The molecule has 0 spiro atoms. The summed E-state index contributed by atoms with van der Waals surface area (Å²) < 4.78 is 10.8. The van der Waals surface area contributed by atoms with Crippen molar-refractivity contribution < 1.29 is 14.1 Å². The molecule has 23 heavy (non-hydrogen) atoms. The maximum absolute atomic E-state index is 12.8. The van der Waals surface area contributed by atoms with Crippen molar-refractivity contribution in [1.82, 2.24) is 19.9 Å². The number of piperazine rings is 1. The molecule has 1 aromatic rings. The summed E-state index contributed by atoms with van der Waals surface area (Å²) in [5, 5.41) is 3.93. The van der Waals surface area contributed by atoms with Crippen LogP contribution in [0.5, 0.6) is 0 Å². The molecular weight excluding hydrogens is 296 g/mol. The number of carbonyl (C=O) groups excluding carboxylic acids is 1. The quantitative estimate of drug-likeness (QED) is 0.830. The molecule has 3 rings (SSSR count). The van der Waals surface area contributed by atoms with Crippen molar-refractivity contribution in [2.24, 2.45) is 5.92 Å². The second-order valence-corrected chi connectivity index (χ2v) is 6.40. The van der Waals surface area contributed by atoms with Gasteiger partial charge in [0.05, 0.1) is 18.6 Å². The molecule has 2 aliphatic rings. The molecule has 0 aliphatic carbocycles. The van der Waals surface area contributed by atoms with Crippen molar-refractivity contribution in [3.05, 3.63) is 11.7 Å². The van der Waals surface area contributed by atoms with Gasteiger partial charge < -0.3 is 14.2 Å². The fraction of sp³-hybridized carbons (Fsp3) is 0.812. The van der Waals surface area contributed by atoms with Crippen molar-refractivity contribution in [1.29, 1.82) is 0 Å². The number of carbonyl (C=O) groups is 1. The van der Waals surface area contributed by atoms with Crippen LogP contribution in [0.3, 0.4) is 0 Å². The van der Waals surface area contributed by atoms with Crippen LogP contribution in [0.25, 0.3) is 0 Å². The highest BCUT2D eigenvalue weighted by Crippen LogP contribution is 2.25. The molecular formula is C16H26N4O3. The molecule has 2 aliphatic heterocycles. The minimum absolute atomic E-state index is 0.0418. The van der Waals surface area contributed by atoms with Gasteiger partial charge in [-0.05, 0) is 19.3 Å². The van der Waals surface area contributed by atoms with E-state index in [1.165, 1.54) is 0 Å². The Kier molecular flexibility index (Phi) is 5.27. The number of nitrogens with zero attached hydrogens (tertiary/aromatic N) is 4. The number of rotatable bonds is 4. The number of ether oxygens (including phenoxy) is 1. The van der Waals surface area contributed by atoms with Crippen LogP contribution < -0.4 is 0 Å². The Morgan fingerprint density at radius 3 is 2.74 bits per heavy atom. The van der Waals surface area contributed by atoms with Crippen molar-refractivity contribution in [2.45, 2.75) is 45.8 Å². The van der Waals surface area contributed by atoms with E-state index in [1.807, 2.05) is 4.90 Å². The Labute approximate surface area is 137 Å². The molecule has 7 nitrogen and oxygen atoms in total. The van der Waals surface area contributed by atoms with E-state index in [0.717, 1.165) is 52.0 Å². The van der Waals surface area contributed by atoms with E-state index >= 15 is 0 Å². The van der Waals surface area contributed by atoms with Gasteiger partial charge >= 0.3 is 0 Å². The highest BCUT2D eigenvalue weighted by atomic mass is 16.5. The molecule has 0 N–H and O–H groups in total. The van der Waals surface area contributed by atoms with Crippen LogP contribution in [-0.4, -0.2) is 64.7 Å². The van der Waals surface area contributed by atoms with E-state index in [4.69, 9.17) is 9.26 Å². The van der Waals surface area contributed by atoms with Gasteiger partial charge in [-0.1, -0.05) is 12.1 Å². The monoisotopic (exact) mass is 322 g/mol. The molecule has 128 valence electrons. The first-order valence-corrected chi connectivity index (χ1v) is 8.59. The Balaban J connectivity index is 1.50. The van der Waals surface area contributed by atoms with Crippen LogP contribution in [0, 0.1) is 12.8 Å². The molecule has 3 heterocycles. The van der Waals surface area contributed by atoms with E-state index in [0.29, 0.717) is 18.3 Å². The van der Waals surface area contributed by atoms with Crippen molar-refractivity contribution in [2.75, 3.05) is 32.8 Å². The van der Waals surface area contributed by atoms with Gasteiger partial charge in [0.1, 0.15) is 0 Å². The van der Waals surface area contributed by atoms with Crippen LogP contribution in [0.15, 0.2) is 4.52 Å². The maximum Gasteiger partial charge on any atom is 0.228 e. The third kappa shape index (κ3) is 3.90. The summed E-state index contributed by atoms with van der Waals surface area (Å²) in [4.78, 5) is 21.3. The summed E-state index contributed by atoms with van der Waals surface area (Å²) in [6.07, 6.45) is 2.95. The second-order valence-electron chi connectivity index (χ2n) is 6.40. The van der Waals surface area contributed by atoms with E-state index < -0.39 is 0 Å². The SMILES string of the molecule is CC[C@@H]1OCCC[C@@H]1C(=O)N1CCN(Cc2noc(C)n2)CC1. The van der Waals surface area contributed by atoms with Gasteiger partial charge in [0.25, 0.3) is 0 Å². The third-order valence-corrected chi connectivity index (χ3v) is 4.78. The van der Waals surface area contributed by atoms with Gasteiger partial charge in [-0.3, -0.25) is 9.69 Å². The van der Waals surface area contributed by atoms with E-state index in [1.54, 1.807) is 6.92 Å². The number of hydrogen-bond acceptors (Lipinski definition) is 6. The number of amides is 1. The first-order valence-electron chi connectivity index (χ1n) is 8.59. The van der Waals surface area contributed by atoms with Gasteiger partial charge in [0, 0.05) is 39.7 Å². The zero-order valence-corrected chi connectivity index (χ0v) is 14.0. The molecule has 0 saturated carbocycles. The predicted octanol–water partition coefficient (Wildman–Crippen LogP) is 1.23. The normalized spacial score (nSPS) is 26.4. The lowest BCUT2D eigenvalue weighted by molar-refractivity contribution is -0.147. The molecule has 0 unspecified atom stereocenters. The smallest absolute Gasteiger partial charge is 0.228 e. The minimum Gasteiger partial charge on any atom is -0.377 e. The maximum atomic E-state index is 12.8. The van der Waals surface area contributed by atoms with Crippen LogP contribution in [0.2, 0.25) is 0 Å². The van der Waals surface area contributed by atoms with E-state index in [2.05, 4.69) is 22.0 Å².